The van der Waals surface area contributed by atoms with Crippen molar-refractivity contribution in [1.29, 1.82) is 0 Å². The molecule has 0 aromatic carbocycles. The predicted molar refractivity (Wildman–Crippen MR) is 73.2 cm³/mol. The lowest BCUT2D eigenvalue weighted by Crippen LogP contribution is -2.46. The second kappa shape index (κ2) is 7.10. The molecule has 1 heterocycles. The van der Waals surface area contributed by atoms with Gasteiger partial charge in [-0.05, 0) is 31.7 Å². The first-order chi connectivity index (χ1) is 8.75. The fourth-order valence-electron chi connectivity index (χ4n) is 3.17. The quantitative estimate of drug-likeness (QED) is 0.688. The van der Waals surface area contributed by atoms with Crippen LogP contribution in [0.15, 0.2) is 0 Å². The van der Waals surface area contributed by atoms with Gasteiger partial charge in [0.25, 0.3) is 0 Å². The maximum Gasteiger partial charge on any atom is 0.236 e. The van der Waals surface area contributed by atoms with E-state index in [1.54, 1.807) is 0 Å². The van der Waals surface area contributed by atoms with Gasteiger partial charge < -0.3 is 16.4 Å². The Morgan fingerprint density at radius 3 is 2.67 bits per heavy atom. The molecule has 0 radical (unpaired) electrons. The molecule has 0 aromatic rings. The van der Waals surface area contributed by atoms with E-state index < -0.39 is 0 Å². The highest BCUT2D eigenvalue weighted by atomic mass is 16.2. The monoisotopic (exact) mass is 253 g/mol. The lowest BCUT2D eigenvalue weighted by Gasteiger charge is -2.24. The van der Waals surface area contributed by atoms with Crippen molar-refractivity contribution < 1.29 is 4.79 Å². The van der Waals surface area contributed by atoms with Crippen molar-refractivity contribution in [3.8, 4) is 0 Å². The normalized spacial score (nSPS) is 27.1. The summed E-state index contributed by atoms with van der Waals surface area (Å²) in [6, 6.07) is 0.144. The van der Waals surface area contributed by atoms with E-state index in [1.165, 1.54) is 38.5 Å². The third kappa shape index (κ3) is 4.25. The minimum atomic E-state index is -0.311. The molecule has 4 nitrogen and oxygen atoms in total. The highest BCUT2D eigenvalue weighted by Gasteiger charge is 2.22. The average Bonchev–Trinajstić information content (AvgIpc) is 2.90. The van der Waals surface area contributed by atoms with Crippen LogP contribution < -0.4 is 16.4 Å². The smallest absolute Gasteiger partial charge is 0.236 e. The van der Waals surface area contributed by atoms with Crippen LogP contribution in [0.5, 0.6) is 0 Å². The Hall–Kier alpha value is -0.610. The Morgan fingerprint density at radius 1 is 1.22 bits per heavy atom. The number of amides is 1. The molecule has 4 heteroatoms. The van der Waals surface area contributed by atoms with E-state index in [9.17, 15) is 4.79 Å². The van der Waals surface area contributed by atoms with Gasteiger partial charge >= 0.3 is 0 Å². The first-order valence-electron chi connectivity index (χ1n) is 7.52. The van der Waals surface area contributed by atoms with Crippen LogP contribution in [0.4, 0.5) is 0 Å². The molecule has 0 bridgehead atoms. The first kappa shape index (κ1) is 13.8. The van der Waals surface area contributed by atoms with Crippen molar-refractivity contribution in [2.24, 2.45) is 11.7 Å². The maximum atomic E-state index is 11.9. The Morgan fingerprint density at radius 2 is 2.00 bits per heavy atom. The molecule has 2 aliphatic rings. The second-order valence-corrected chi connectivity index (χ2v) is 5.88. The van der Waals surface area contributed by atoms with Gasteiger partial charge in [-0.2, -0.15) is 0 Å². The molecule has 0 spiro atoms. The van der Waals surface area contributed by atoms with Crippen LogP contribution in [0, 0.1) is 5.92 Å². The van der Waals surface area contributed by atoms with Crippen LogP contribution >= 0.6 is 0 Å². The lowest BCUT2D eigenvalue weighted by atomic mass is 9.85. The SMILES string of the molecule is N[C@H](CC1CCCCC1)C(=O)NC[C@@H]1CCCN1. The zero-order chi connectivity index (χ0) is 12.8. The summed E-state index contributed by atoms with van der Waals surface area (Å²) in [5, 5.41) is 6.36. The number of nitrogens with two attached hydrogens (primary N) is 1. The van der Waals surface area contributed by atoms with E-state index in [1.807, 2.05) is 0 Å². The van der Waals surface area contributed by atoms with E-state index >= 15 is 0 Å². The molecular formula is C14H27N3O. The molecule has 0 aromatic heterocycles. The van der Waals surface area contributed by atoms with Crippen molar-refractivity contribution >= 4 is 5.91 Å². The molecule has 1 aliphatic heterocycles. The molecule has 104 valence electrons. The highest BCUT2D eigenvalue weighted by molar-refractivity contribution is 5.81. The molecule has 2 fully saturated rings. The second-order valence-electron chi connectivity index (χ2n) is 5.88. The van der Waals surface area contributed by atoms with Gasteiger partial charge in [-0.1, -0.05) is 32.1 Å². The minimum Gasteiger partial charge on any atom is -0.353 e. The third-order valence-electron chi connectivity index (χ3n) is 4.33. The number of carbonyl (C=O) groups excluding carboxylic acids is 1. The van der Waals surface area contributed by atoms with Gasteiger partial charge in [0.2, 0.25) is 5.91 Å². The number of hydrogen-bond acceptors (Lipinski definition) is 3. The Labute approximate surface area is 110 Å². The molecule has 1 saturated heterocycles. The third-order valence-corrected chi connectivity index (χ3v) is 4.33. The number of hydrogen-bond donors (Lipinski definition) is 3. The van der Waals surface area contributed by atoms with Gasteiger partial charge in [0.05, 0.1) is 6.04 Å². The Kier molecular flexibility index (Phi) is 5.45. The van der Waals surface area contributed by atoms with E-state index in [-0.39, 0.29) is 11.9 Å². The van der Waals surface area contributed by atoms with Crippen molar-refractivity contribution in [3.05, 3.63) is 0 Å². The van der Waals surface area contributed by atoms with Gasteiger partial charge in [-0.15, -0.1) is 0 Å². The largest absolute Gasteiger partial charge is 0.353 e. The summed E-state index contributed by atoms with van der Waals surface area (Å²) < 4.78 is 0. The maximum absolute atomic E-state index is 11.9. The van der Waals surface area contributed by atoms with Crippen LogP contribution in [0.1, 0.15) is 51.4 Å². The Balaban J connectivity index is 1.63. The molecule has 1 aliphatic carbocycles. The number of nitrogens with one attached hydrogen (secondary N) is 2. The fraction of sp³-hybridized carbons (Fsp3) is 0.929. The fourth-order valence-corrected chi connectivity index (χ4v) is 3.17. The molecule has 18 heavy (non-hydrogen) atoms. The molecular weight excluding hydrogens is 226 g/mol. The summed E-state index contributed by atoms with van der Waals surface area (Å²) >= 11 is 0. The van der Waals surface area contributed by atoms with E-state index in [0.717, 1.165) is 25.9 Å². The molecule has 4 N–H and O–H groups in total. The molecule has 2 atom stereocenters. The summed E-state index contributed by atoms with van der Waals surface area (Å²) in [6.07, 6.45) is 9.73. The van der Waals surface area contributed by atoms with Gasteiger partial charge in [0.15, 0.2) is 0 Å². The summed E-state index contributed by atoms with van der Waals surface area (Å²) in [5.41, 5.74) is 6.00. The van der Waals surface area contributed by atoms with Crippen molar-refractivity contribution in [2.75, 3.05) is 13.1 Å². The van der Waals surface area contributed by atoms with Crippen LogP contribution in [0.25, 0.3) is 0 Å². The zero-order valence-electron chi connectivity index (χ0n) is 11.3. The van der Waals surface area contributed by atoms with E-state index in [4.69, 9.17) is 5.73 Å². The molecule has 2 rings (SSSR count). The summed E-state index contributed by atoms with van der Waals surface area (Å²) in [6.45, 7) is 1.81. The number of rotatable bonds is 5. The summed E-state index contributed by atoms with van der Waals surface area (Å²) in [5.74, 6) is 0.707. The van der Waals surface area contributed by atoms with Gasteiger partial charge in [-0.25, -0.2) is 0 Å². The average molecular weight is 253 g/mol. The lowest BCUT2D eigenvalue weighted by molar-refractivity contribution is -0.122. The van der Waals surface area contributed by atoms with Gasteiger partial charge in [-0.3, -0.25) is 4.79 Å². The van der Waals surface area contributed by atoms with Crippen molar-refractivity contribution in [2.45, 2.75) is 63.5 Å². The van der Waals surface area contributed by atoms with Crippen LogP contribution in [0.2, 0.25) is 0 Å². The standard InChI is InChI=1S/C14H27N3O/c15-13(9-11-5-2-1-3-6-11)14(18)17-10-12-7-4-8-16-12/h11-13,16H,1-10,15H2,(H,17,18)/t12-,13+/m0/s1. The predicted octanol–water partition coefficient (Wildman–Crippen LogP) is 1.15. The molecule has 1 saturated carbocycles. The number of carbonyl (C=O) groups is 1. The zero-order valence-corrected chi connectivity index (χ0v) is 11.3. The molecule has 1 amide bonds. The van der Waals surface area contributed by atoms with Gasteiger partial charge in [0.1, 0.15) is 0 Å². The van der Waals surface area contributed by atoms with Crippen LogP contribution in [-0.2, 0) is 4.79 Å². The van der Waals surface area contributed by atoms with Crippen molar-refractivity contribution in [3.63, 3.8) is 0 Å². The summed E-state index contributed by atoms with van der Waals surface area (Å²) in [4.78, 5) is 11.9. The van der Waals surface area contributed by atoms with Crippen LogP contribution in [-0.4, -0.2) is 31.1 Å². The van der Waals surface area contributed by atoms with Crippen LogP contribution in [0.3, 0.4) is 0 Å². The van der Waals surface area contributed by atoms with E-state index in [2.05, 4.69) is 10.6 Å². The summed E-state index contributed by atoms with van der Waals surface area (Å²) in [7, 11) is 0. The first-order valence-corrected chi connectivity index (χ1v) is 7.52. The Bertz CT molecular complexity index is 258. The van der Waals surface area contributed by atoms with Gasteiger partial charge in [0, 0.05) is 12.6 Å². The van der Waals surface area contributed by atoms with E-state index in [0.29, 0.717) is 12.0 Å². The van der Waals surface area contributed by atoms with Crippen molar-refractivity contribution in [1.82, 2.24) is 10.6 Å². The minimum absolute atomic E-state index is 0.0364. The highest BCUT2D eigenvalue weighted by Crippen LogP contribution is 2.26. The topological polar surface area (TPSA) is 67.2 Å². The molecule has 0 unspecified atom stereocenters.